The monoisotopic (exact) mass is 299 g/mol. The van der Waals surface area contributed by atoms with Gasteiger partial charge in [0, 0.05) is 19.6 Å². The zero-order valence-electron chi connectivity index (χ0n) is 13.0. The van der Waals surface area contributed by atoms with Gasteiger partial charge in [0.15, 0.2) is 0 Å². The molecule has 1 aliphatic rings. The van der Waals surface area contributed by atoms with Gasteiger partial charge in [-0.2, -0.15) is 0 Å². The second-order valence-electron chi connectivity index (χ2n) is 5.82. The van der Waals surface area contributed by atoms with Crippen molar-refractivity contribution in [3.63, 3.8) is 0 Å². The Hall–Kier alpha value is -1.71. The maximum Gasteiger partial charge on any atom is 0.123 e. The van der Waals surface area contributed by atoms with Crippen LogP contribution < -0.4 is 0 Å². The molecule has 3 rings (SSSR count). The summed E-state index contributed by atoms with van der Waals surface area (Å²) < 4.78 is 18.9. The van der Waals surface area contributed by atoms with E-state index in [9.17, 15) is 4.39 Å². The van der Waals surface area contributed by atoms with Gasteiger partial charge in [-0.1, -0.05) is 43.3 Å². The minimum absolute atomic E-state index is 0.0317. The normalized spacial score (nSPS) is 19.3. The highest BCUT2D eigenvalue weighted by atomic mass is 19.1. The number of hydrogen-bond acceptors (Lipinski definition) is 2. The molecule has 0 amide bonds. The molecule has 2 aromatic carbocycles. The Morgan fingerprint density at radius 1 is 1.05 bits per heavy atom. The Balaban J connectivity index is 1.63. The Labute approximate surface area is 131 Å². The van der Waals surface area contributed by atoms with Crippen molar-refractivity contribution in [1.82, 2.24) is 4.90 Å². The lowest BCUT2D eigenvalue weighted by Gasteiger charge is -2.33. The van der Waals surface area contributed by atoms with Crippen molar-refractivity contribution in [2.45, 2.75) is 26.0 Å². The Morgan fingerprint density at radius 3 is 2.41 bits per heavy atom. The Kier molecular flexibility index (Phi) is 4.86. The smallest absolute Gasteiger partial charge is 0.123 e. The topological polar surface area (TPSA) is 12.5 Å². The van der Waals surface area contributed by atoms with Crippen molar-refractivity contribution >= 4 is 0 Å². The average Bonchev–Trinajstić information content (AvgIpc) is 2.56. The van der Waals surface area contributed by atoms with Crippen LogP contribution in [0.1, 0.15) is 29.7 Å². The number of hydrogen-bond donors (Lipinski definition) is 0. The standard InChI is InChI=1S/C19H22FNO/c1-2-15-3-5-16(6-4-15)13-21-11-12-22-19(14-21)17-7-9-18(20)10-8-17/h3-10,19H,2,11-14H2,1H3. The fourth-order valence-electron chi connectivity index (χ4n) is 2.86. The van der Waals surface area contributed by atoms with Gasteiger partial charge in [0.1, 0.15) is 5.82 Å². The second-order valence-corrected chi connectivity index (χ2v) is 5.82. The molecule has 2 aromatic rings. The summed E-state index contributed by atoms with van der Waals surface area (Å²) in [7, 11) is 0. The SMILES string of the molecule is CCc1ccc(CN2CCOC(c3ccc(F)cc3)C2)cc1. The molecule has 0 N–H and O–H groups in total. The highest BCUT2D eigenvalue weighted by Gasteiger charge is 2.21. The summed E-state index contributed by atoms with van der Waals surface area (Å²) in [5.41, 5.74) is 3.75. The number of rotatable bonds is 4. The van der Waals surface area contributed by atoms with Crippen molar-refractivity contribution in [1.29, 1.82) is 0 Å². The van der Waals surface area contributed by atoms with E-state index in [0.717, 1.165) is 38.2 Å². The predicted octanol–water partition coefficient (Wildman–Crippen LogP) is 3.96. The summed E-state index contributed by atoms with van der Waals surface area (Å²) >= 11 is 0. The molecule has 1 atom stereocenters. The number of nitrogens with zero attached hydrogens (tertiary/aromatic N) is 1. The first kappa shape index (κ1) is 15.2. The predicted molar refractivity (Wildman–Crippen MR) is 86.2 cm³/mol. The lowest BCUT2D eigenvalue weighted by atomic mass is 10.1. The van der Waals surface area contributed by atoms with Crippen LogP contribution in [0.3, 0.4) is 0 Å². The summed E-state index contributed by atoms with van der Waals surface area (Å²) in [6.45, 7) is 5.61. The van der Waals surface area contributed by atoms with Crippen LogP contribution in [0.5, 0.6) is 0 Å². The molecule has 1 unspecified atom stereocenters. The Morgan fingerprint density at radius 2 is 1.73 bits per heavy atom. The molecule has 0 saturated carbocycles. The van der Waals surface area contributed by atoms with Gasteiger partial charge < -0.3 is 4.74 Å². The molecule has 0 bridgehead atoms. The molecule has 1 aliphatic heterocycles. The van der Waals surface area contributed by atoms with Gasteiger partial charge in [-0.3, -0.25) is 4.90 Å². The number of ether oxygens (including phenoxy) is 1. The van der Waals surface area contributed by atoms with Crippen molar-refractivity contribution < 1.29 is 9.13 Å². The molecule has 0 spiro atoms. The van der Waals surface area contributed by atoms with Crippen molar-refractivity contribution in [3.8, 4) is 0 Å². The first-order chi connectivity index (χ1) is 10.7. The van der Waals surface area contributed by atoms with Crippen molar-refractivity contribution in [3.05, 3.63) is 71.0 Å². The van der Waals surface area contributed by atoms with E-state index in [4.69, 9.17) is 4.74 Å². The molecular weight excluding hydrogens is 277 g/mol. The number of morpholine rings is 1. The van der Waals surface area contributed by atoms with Crippen molar-refractivity contribution in [2.24, 2.45) is 0 Å². The van der Waals surface area contributed by atoms with Crippen LogP contribution in [0.4, 0.5) is 4.39 Å². The number of halogens is 1. The van der Waals surface area contributed by atoms with E-state index < -0.39 is 0 Å². The molecule has 1 fully saturated rings. The molecule has 1 saturated heterocycles. The van der Waals surface area contributed by atoms with Gasteiger partial charge in [-0.25, -0.2) is 4.39 Å². The van der Waals surface area contributed by atoms with Crippen LogP contribution in [0.25, 0.3) is 0 Å². The van der Waals surface area contributed by atoms with E-state index in [1.165, 1.54) is 23.3 Å². The third-order valence-electron chi connectivity index (χ3n) is 4.23. The number of aryl methyl sites for hydroxylation is 1. The Bertz CT molecular complexity index is 594. The van der Waals surface area contributed by atoms with E-state index in [-0.39, 0.29) is 11.9 Å². The minimum Gasteiger partial charge on any atom is -0.371 e. The first-order valence-corrected chi connectivity index (χ1v) is 7.92. The van der Waals surface area contributed by atoms with Crippen LogP contribution in [0.2, 0.25) is 0 Å². The fourth-order valence-corrected chi connectivity index (χ4v) is 2.86. The van der Waals surface area contributed by atoms with Crippen LogP contribution in [0.15, 0.2) is 48.5 Å². The van der Waals surface area contributed by atoms with Gasteiger partial charge >= 0.3 is 0 Å². The molecule has 0 aromatic heterocycles. The van der Waals surface area contributed by atoms with Gasteiger partial charge in [-0.05, 0) is 35.2 Å². The molecule has 22 heavy (non-hydrogen) atoms. The fraction of sp³-hybridized carbons (Fsp3) is 0.368. The second kappa shape index (κ2) is 7.03. The average molecular weight is 299 g/mol. The largest absolute Gasteiger partial charge is 0.371 e. The van der Waals surface area contributed by atoms with Gasteiger partial charge in [-0.15, -0.1) is 0 Å². The van der Waals surface area contributed by atoms with E-state index >= 15 is 0 Å². The molecular formula is C19H22FNO. The highest BCUT2D eigenvalue weighted by molar-refractivity contribution is 5.23. The number of benzene rings is 2. The summed E-state index contributed by atoms with van der Waals surface area (Å²) in [6, 6.07) is 15.5. The lowest BCUT2D eigenvalue weighted by molar-refractivity contribution is -0.0329. The molecule has 1 heterocycles. The first-order valence-electron chi connectivity index (χ1n) is 7.92. The van der Waals surface area contributed by atoms with E-state index in [0.29, 0.717) is 0 Å². The van der Waals surface area contributed by atoms with Gasteiger partial charge in [0.25, 0.3) is 0 Å². The van der Waals surface area contributed by atoms with Crippen LogP contribution in [-0.2, 0) is 17.7 Å². The highest BCUT2D eigenvalue weighted by Crippen LogP contribution is 2.23. The minimum atomic E-state index is -0.201. The zero-order chi connectivity index (χ0) is 15.4. The molecule has 116 valence electrons. The van der Waals surface area contributed by atoms with Crippen LogP contribution in [-0.4, -0.2) is 24.6 Å². The van der Waals surface area contributed by atoms with Gasteiger partial charge in [0.2, 0.25) is 0 Å². The molecule has 0 aliphatic carbocycles. The van der Waals surface area contributed by atoms with E-state index in [2.05, 4.69) is 36.1 Å². The van der Waals surface area contributed by atoms with E-state index in [1.54, 1.807) is 0 Å². The quantitative estimate of drug-likeness (QED) is 0.847. The molecule has 0 radical (unpaired) electrons. The maximum absolute atomic E-state index is 13.0. The molecule has 2 nitrogen and oxygen atoms in total. The summed E-state index contributed by atoms with van der Waals surface area (Å²) in [4.78, 5) is 2.40. The summed E-state index contributed by atoms with van der Waals surface area (Å²) in [5.74, 6) is -0.201. The van der Waals surface area contributed by atoms with E-state index in [1.807, 2.05) is 12.1 Å². The third kappa shape index (κ3) is 3.73. The van der Waals surface area contributed by atoms with Crippen LogP contribution in [0, 0.1) is 5.82 Å². The zero-order valence-corrected chi connectivity index (χ0v) is 13.0. The lowest BCUT2D eigenvalue weighted by Crippen LogP contribution is -2.37. The van der Waals surface area contributed by atoms with Gasteiger partial charge in [0.05, 0.1) is 12.7 Å². The van der Waals surface area contributed by atoms with Crippen molar-refractivity contribution in [2.75, 3.05) is 19.7 Å². The maximum atomic E-state index is 13.0. The molecule has 3 heteroatoms. The van der Waals surface area contributed by atoms with Crippen LogP contribution >= 0.6 is 0 Å². The third-order valence-corrected chi connectivity index (χ3v) is 4.23. The summed E-state index contributed by atoms with van der Waals surface area (Å²) in [6.07, 6.45) is 1.11. The summed E-state index contributed by atoms with van der Waals surface area (Å²) in [5, 5.41) is 0.